The minimum atomic E-state index is -0.0397. The first-order valence-corrected chi connectivity index (χ1v) is 5.78. The minimum Gasteiger partial charge on any atom is -0.398 e. The van der Waals surface area contributed by atoms with Gasteiger partial charge in [-0.3, -0.25) is 4.79 Å². The SMILES string of the molecule is CCC1CC1NC(=O)c1cc(C)ccc1N. The Morgan fingerprint density at radius 2 is 2.31 bits per heavy atom. The average molecular weight is 218 g/mol. The summed E-state index contributed by atoms with van der Waals surface area (Å²) >= 11 is 0. The topological polar surface area (TPSA) is 55.1 Å². The Labute approximate surface area is 96.0 Å². The van der Waals surface area contributed by atoms with Gasteiger partial charge in [-0.25, -0.2) is 0 Å². The lowest BCUT2D eigenvalue weighted by Crippen LogP contribution is -2.27. The van der Waals surface area contributed by atoms with Crippen LogP contribution in [0.15, 0.2) is 18.2 Å². The van der Waals surface area contributed by atoms with E-state index in [2.05, 4.69) is 12.2 Å². The number of rotatable bonds is 3. The predicted molar refractivity (Wildman–Crippen MR) is 65.2 cm³/mol. The molecule has 0 radical (unpaired) electrons. The maximum absolute atomic E-state index is 11.9. The molecule has 2 rings (SSSR count). The number of nitrogen functional groups attached to an aromatic ring is 1. The summed E-state index contributed by atoms with van der Waals surface area (Å²) in [4.78, 5) is 11.9. The monoisotopic (exact) mass is 218 g/mol. The van der Waals surface area contributed by atoms with Crippen LogP contribution in [-0.4, -0.2) is 11.9 Å². The third kappa shape index (κ3) is 2.18. The third-order valence-electron chi connectivity index (χ3n) is 3.22. The van der Waals surface area contributed by atoms with Crippen LogP contribution >= 0.6 is 0 Å². The molecule has 1 aromatic rings. The number of hydrogen-bond donors (Lipinski definition) is 2. The van der Waals surface area contributed by atoms with E-state index in [-0.39, 0.29) is 5.91 Å². The van der Waals surface area contributed by atoms with Gasteiger partial charge in [-0.1, -0.05) is 25.0 Å². The highest BCUT2D eigenvalue weighted by Gasteiger charge is 2.36. The fourth-order valence-electron chi connectivity index (χ4n) is 1.99. The molecule has 1 fully saturated rings. The quantitative estimate of drug-likeness (QED) is 0.763. The largest absolute Gasteiger partial charge is 0.398 e. The highest BCUT2D eigenvalue weighted by molar-refractivity contribution is 5.99. The Morgan fingerprint density at radius 1 is 1.56 bits per heavy atom. The van der Waals surface area contributed by atoms with E-state index in [0.29, 0.717) is 23.2 Å². The molecule has 1 aliphatic carbocycles. The van der Waals surface area contributed by atoms with Gasteiger partial charge >= 0.3 is 0 Å². The van der Waals surface area contributed by atoms with E-state index in [4.69, 9.17) is 5.73 Å². The summed E-state index contributed by atoms with van der Waals surface area (Å²) in [6.45, 7) is 4.11. The van der Waals surface area contributed by atoms with Crippen LogP contribution in [0.1, 0.15) is 35.7 Å². The lowest BCUT2D eigenvalue weighted by molar-refractivity contribution is 0.0950. The summed E-state index contributed by atoms with van der Waals surface area (Å²) < 4.78 is 0. The molecule has 86 valence electrons. The van der Waals surface area contributed by atoms with Crippen LogP contribution < -0.4 is 11.1 Å². The molecule has 1 aromatic carbocycles. The van der Waals surface area contributed by atoms with Gasteiger partial charge in [0.15, 0.2) is 0 Å². The molecule has 0 bridgehead atoms. The number of anilines is 1. The van der Waals surface area contributed by atoms with Crippen LogP contribution in [0.5, 0.6) is 0 Å². The molecule has 3 N–H and O–H groups in total. The Bertz CT molecular complexity index is 414. The predicted octanol–water partition coefficient (Wildman–Crippen LogP) is 2.11. The van der Waals surface area contributed by atoms with Crippen molar-refractivity contribution in [1.82, 2.24) is 5.32 Å². The first kappa shape index (κ1) is 11.0. The zero-order chi connectivity index (χ0) is 11.7. The minimum absolute atomic E-state index is 0.0397. The summed E-state index contributed by atoms with van der Waals surface area (Å²) in [6, 6.07) is 5.90. The van der Waals surface area contributed by atoms with Gasteiger partial charge in [-0.05, 0) is 31.4 Å². The molecule has 1 saturated carbocycles. The van der Waals surface area contributed by atoms with Gasteiger partial charge in [-0.15, -0.1) is 0 Å². The second-order valence-electron chi connectivity index (χ2n) is 4.57. The Morgan fingerprint density at radius 3 is 2.94 bits per heavy atom. The van der Waals surface area contributed by atoms with Gasteiger partial charge in [0.25, 0.3) is 5.91 Å². The van der Waals surface area contributed by atoms with Gasteiger partial charge in [0.1, 0.15) is 0 Å². The smallest absolute Gasteiger partial charge is 0.253 e. The van der Waals surface area contributed by atoms with Crippen molar-refractivity contribution in [3.05, 3.63) is 29.3 Å². The van der Waals surface area contributed by atoms with Crippen LogP contribution in [0.3, 0.4) is 0 Å². The first-order chi connectivity index (χ1) is 7.61. The number of nitrogens with one attached hydrogen (secondary N) is 1. The number of benzene rings is 1. The summed E-state index contributed by atoms with van der Waals surface area (Å²) in [5.74, 6) is 0.622. The Kier molecular flexibility index (Phi) is 2.86. The molecule has 2 unspecified atom stereocenters. The van der Waals surface area contributed by atoms with Gasteiger partial charge in [0.2, 0.25) is 0 Å². The van der Waals surface area contributed by atoms with Crippen molar-refractivity contribution in [2.24, 2.45) is 5.92 Å². The number of amides is 1. The summed E-state index contributed by atoms with van der Waals surface area (Å²) in [5, 5.41) is 3.02. The van der Waals surface area contributed by atoms with Crippen molar-refractivity contribution in [3.63, 3.8) is 0 Å². The molecule has 0 saturated heterocycles. The maximum Gasteiger partial charge on any atom is 0.253 e. The third-order valence-corrected chi connectivity index (χ3v) is 3.22. The fourth-order valence-corrected chi connectivity index (χ4v) is 1.99. The number of carbonyl (C=O) groups excluding carboxylic acids is 1. The van der Waals surface area contributed by atoms with Crippen molar-refractivity contribution < 1.29 is 4.79 Å². The maximum atomic E-state index is 11.9. The van der Waals surface area contributed by atoms with E-state index >= 15 is 0 Å². The van der Waals surface area contributed by atoms with E-state index in [1.54, 1.807) is 6.07 Å². The highest BCUT2D eigenvalue weighted by atomic mass is 16.1. The van der Waals surface area contributed by atoms with Crippen molar-refractivity contribution in [3.8, 4) is 0 Å². The Balaban J connectivity index is 2.06. The van der Waals surface area contributed by atoms with E-state index in [1.807, 2.05) is 19.1 Å². The van der Waals surface area contributed by atoms with Crippen molar-refractivity contribution in [2.45, 2.75) is 32.7 Å². The molecule has 1 aliphatic rings. The fraction of sp³-hybridized carbons (Fsp3) is 0.462. The molecule has 2 atom stereocenters. The van der Waals surface area contributed by atoms with Crippen LogP contribution in [0.2, 0.25) is 0 Å². The van der Waals surface area contributed by atoms with E-state index in [1.165, 1.54) is 0 Å². The van der Waals surface area contributed by atoms with Crippen LogP contribution in [0, 0.1) is 12.8 Å². The molecule has 0 aliphatic heterocycles. The standard InChI is InChI=1S/C13H18N2O/c1-3-9-7-12(9)15-13(16)10-6-8(2)4-5-11(10)14/h4-6,9,12H,3,7,14H2,1-2H3,(H,15,16). The van der Waals surface area contributed by atoms with Crippen LogP contribution in [-0.2, 0) is 0 Å². The summed E-state index contributed by atoms with van der Waals surface area (Å²) in [5.41, 5.74) is 8.00. The second-order valence-corrected chi connectivity index (χ2v) is 4.57. The number of hydrogen-bond acceptors (Lipinski definition) is 2. The molecule has 1 amide bonds. The normalized spacial score (nSPS) is 22.9. The number of carbonyl (C=O) groups is 1. The lowest BCUT2D eigenvalue weighted by atomic mass is 10.1. The Hall–Kier alpha value is -1.51. The van der Waals surface area contributed by atoms with E-state index in [0.717, 1.165) is 18.4 Å². The average Bonchev–Trinajstić information content (AvgIpc) is 3.00. The van der Waals surface area contributed by atoms with Gasteiger partial charge in [0.05, 0.1) is 5.56 Å². The second kappa shape index (κ2) is 4.16. The van der Waals surface area contributed by atoms with Gasteiger partial charge < -0.3 is 11.1 Å². The molecule has 0 spiro atoms. The molecule has 3 nitrogen and oxygen atoms in total. The van der Waals surface area contributed by atoms with E-state index < -0.39 is 0 Å². The van der Waals surface area contributed by atoms with Crippen molar-refractivity contribution in [2.75, 3.05) is 5.73 Å². The lowest BCUT2D eigenvalue weighted by Gasteiger charge is -2.07. The molecular weight excluding hydrogens is 200 g/mol. The molecule has 0 aromatic heterocycles. The zero-order valence-corrected chi connectivity index (χ0v) is 9.79. The summed E-state index contributed by atoms with van der Waals surface area (Å²) in [6.07, 6.45) is 2.24. The molecule has 0 heterocycles. The van der Waals surface area contributed by atoms with Crippen molar-refractivity contribution >= 4 is 11.6 Å². The number of aryl methyl sites for hydroxylation is 1. The van der Waals surface area contributed by atoms with Crippen LogP contribution in [0.4, 0.5) is 5.69 Å². The van der Waals surface area contributed by atoms with E-state index in [9.17, 15) is 4.79 Å². The highest BCUT2D eigenvalue weighted by Crippen LogP contribution is 2.33. The molecule has 16 heavy (non-hydrogen) atoms. The summed E-state index contributed by atoms with van der Waals surface area (Å²) in [7, 11) is 0. The molecule has 3 heteroatoms. The van der Waals surface area contributed by atoms with Crippen molar-refractivity contribution in [1.29, 1.82) is 0 Å². The molecular formula is C13H18N2O. The van der Waals surface area contributed by atoms with Gasteiger partial charge in [0, 0.05) is 11.7 Å². The first-order valence-electron chi connectivity index (χ1n) is 5.78. The number of nitrogens with two attached hydrogens (primary N) is 1. The van der Waals surface area contributed by atoms with Gasteiger partial charge in [-0.2, -0.15) is 0 Å². The van der Waals surface area contributed by atoms with Crippen LogP contribution in [0.25, 0.3) is 0 Å². The zero-order valence-electron chi connectivity index (χ0n) is 9.79.